The molecular weight excluding hydrogens is 254 g/mol. The lowest BCUT2D eigenvalue weighted by atomic mass is 10.2. The first-order valence-corrected chi connectivity index (χ1v) is 6.87. The zero-order valence-electron chi connectivity index (χ0n) is 12.3. The topological polar surface area (TPSA) is 61.4 Å². The Bertz CT molecular complexity index is 434. The number of carbonyl (C=O) groups excluding carboxylic acids is 2. The summed E-state index contributed by atoms with van der Waals surface area (Å²) in [4.78, 5) is 25.4. The normalized spacial score (nSPS) is 12.0. The van der Waals surface area contributed by atoms with Gasteiger partial charge in [-0.1, -0.05) is 25.1 Å². The van der Waals surface area contributed by atoms with Crippen molar-refractivity contribution in [1.29, 1.82) is 0 Å². The number of likely N-dealkylation sites (N-methyl/N-ethyl adjacent to an activating group) is 1. The molecule has 2 amide bonds. The van der Waals surface area contributed by atoms with E-state index in [1.165, 1.54) is 0 Å². The molecule has 0 unspecified atom stereocenters. The van der Waals surface area contributed by atoms with Gasteiger partial charge in [-0.3, -0.25) is 14.5 Å². The van der Waals surface area contributed by atoms with Gasteiger partial charge < -0.3 is 10.6 Å². The Morgan fingerprint density at radius 3 is 2.50 bits per heavy atom. The number of nitrogens with zero attached hydrogens (tertiary/aromatic N) is 1. The van der Waals surface area contributed by atoms with Crippen LogP contribution in [0.3, 0.4) is 0 Å². The smallest absolute Gasteiger partial charge is 0.241 e. The molecule has 110 valence electrons. The summed E-state index contributed by atoms with van der Waals surface area (Å²) in [6.07, 6.45) is 0.902. The fraction of sp³-hybridized carbons (Fsp3) is 0.467. The van der Waals surface area contributed by atoms with E-state index in [2.05, 4.69) is 10.6 Å². The number of benzene rings is 1. The van der Waals surface area contributed by atoms with Crippen LogP contribution in [0.1, 0.15) is 20.3 Å². The molecule has 5 heteroatoms. The van der Waals surface area contributed by atoms with Crippen molar-refractivity contribution < 1.29 is 9.59 Å². The van der Waals surface area contributed by atoms with Crippen LogP contribution in [0.15, 0.2) is 30.3 Å². The summed E-state index contributed by atoms with van der Waals surface area (Å²) in [6.45, 7) is 4.66. The van der Waals surface area contributed by atoms with Crippen LogP contribution in [0.4, 0.5) is 5.69 Å². The molecule has 0 bridgehead atoms. The van der Waals surface area contributed by atoms with Gasteiger partial charge in [-0.05, 0) is 32.5 Å². The Morgan fingerprint density at radius 1 is 1.25 bits per heavy atom. The molecule has 0 aliphatic carbocycles. The van der Waals surface area contributed by atoms with Crippen molar-refractivity contribution in [2.75, 3.05) is 25.5 Å². The lowest BCUT2D eigenvalue weighted by molar-refractivity contribution is -0.124. The third-order valence-electron chi connectivity index (χ3n) is 3.05. The molecule has 0 aliphatic rings. The highest BCUT2D eigenvalue weighted by atomic mass is 16.2. The second-order valence-electron chi connectivity index (χ2n) is 4.80. The highest BCUT2D eigenvalue weighted by molar-refractivity contribution is 5.94. The lowest BCUT2D eigenvalue weighted by Crippen LogP contribution is -2.44. The Morgan fingerprint density at radius 2 is 1.90 bits per heavy atom. The second kappa shape index (κ2) is 8.32. The number of nitrogens with one attached hydrogen (secondary N) is 2. The summed E-state index contributed by atoms with van der Waals surface area (Å²) >= 11 is 0. The van der Waals surface area contributed by atoms with Gasteiger partial charge in [-0.15, -0.1) is 0 Å². The van der Waals surface area contributed by atoms with Gasteiger partial charge in [0, 0.05) is 12.2 Å². The van der Waals surface area contributed by atoms with Crippen molar-refractivity contribution in [2.45, 2.75) is 26.3 Å². The number of carbonyl (C=O) groups is 2. The van der Waals surface area contributed by atoms with Gasteiger partial charge in [0.05, 0.1) is 12.6 Å². The van der Waals surface area contributed by atoms with Crippen LogP contribution in [0.5, 0.6) is 0 Å². The lowest BCUT2D eigenvalue weighted by Gasteiger charge is -2.23. The Balaban J connectivity index is 2.45. The van der Waals surface area contributed by atoms with Crippen LogP contribution in [0, 0.1) is 0 Å². The first kappa shape index (κ1) is 16.2. The molecule has 1 rings (SSSR count). The summed E-state index contributed by atoms with van der Waals surface area (Å²) in [5, 5.41) is 5.62. The van der Waals surface area contributed by atoms with E-state index in [0.717, 1.165) is 12.1 Å². The maximum Gasteiger partial charge on any atom is 0.241 e. The summed E-state index contributed by atoms with van der Waals surface area (Å²) in [5.41, 5.74) is 0.758. The van der Waals surface area contributed by atoms with Crippen LogP contribution >= 0.6 is 0 Å². The van der Waals surface area contributed by atoms with Crippen molar-refractivity contribution in [3.63, 3.8) is 0 Å². The van der Waals surface area contributed by atoms with Crippen LogP contribution < -0.4 is 10.6 Å². The standard InChI is InChI=1S/C15H23N3O2/c1-4-10-16-14(19)11-18(3)12(2)15(20)17-13-8-6-5-7-9-13/h5-9,12H,4,10-11H2,1-3H3,(H,16,19)(H,17,20)/t12-/m0/s1. The molecule has 1 atom stereocenters. The number of hydrogen-bond donors (Lipinski definition) is 2. The number of rotatable bonds is 7. The third kappa shape index (κ3) is 5.40. The second-order valence-corrected chi connectivity index (χ2v) is 4.80. The number of anilines is 1. The van der Waals surface area contributed by atoms with E-state index in [1.807, 2.05) is 37.3 Å². The minimum atomic E-state index is -0.373. The molecule has 5 nitrogen and oxygen atoms in total. The van der Waals surface area contributed by atoms with Gasteiger partial charge in [-0.25, -0.2) is 0 Å². The summed E-state index contributed by atoms with van der Waals surface area (Å²) in [5.74, 6) is -0.185. The van der Waals surface area contributed by atoms with Crippen LogP contribution in [0.25, 0.3) is 0 Å². The molecule has 0 aromatic heterocycles. The van der Waals surface area contributed by atoms with Crippen LogP contribution in [0.2, 0.25) is 0 Å². The van der Waals surface area contributed by atoms with Gasteiger partial charge in [0.25, 0.3) is 0 Å². The molecule has 0 radical (unpaired) electrons. The monoisotopic (exact) mass is 277 g/mol. The van der Waals surface area contributed by atoms with Gasteiger partial charge in [0.1, 0.15) is 0 Å². The Kier molecular flexibility index (Phi) is 6.73. The van der Waals surface area contributed by atoms with Crippen molar-refractivity contribution in [3.8, 4) is 0 Å². The predicted octanol–water partition coefficient (Wildman–Crippen LogP) is 1.47. The van der Waals surface area contributed by atoms with E-state index in [0.29, 0.717) is 6.54 Å². The van der Waals surface area contributed by atoms with Crippen LogP contribution in [-0.2, 0) is 9.59 Å². The summed E-state index contributed by atoms with van der Waals surface area (Å²) in [6, 6.07) is 8.91. The Labute approximate surface area is 120 Å². The highest BCUT2D eigenvalue weighted by Gasteiger charge is 2.19. The maximum atomic E-state index is 12.1. The fourth-order valence-electron chi connectivity index (χ4n) is 1.65. The van der Waals surface area contributed by atoms with Crippen molar-refractivity contribution in [3.05, 3.63) is 30.3 Å². The van der Waals surface area contributed by atoms with Gasteiger partial charge in [-0.2, -0.15) is 0 Å². The molecule has 0 spiro atoms. The fourth-order valence-corrected chi connectivity index (χ4v) is 1.65. The zero-order valence-corrected chi connectivity index (χ0v) is 12.3. The molecule has 20 heavy (non-hydrogen) atoms. The first-order chi connectivity index (χ1) is 9.54. The van der Waals surface area contributed by atoms with E-state index in [1.54, 1.807) is 18.9 Å². The SMILES string of the molecule is CCCNC(=O)CN(C)[C@@H](C)C(=O)Nc1ccccc1. The zero-order chi connectivity index (χ0) is 15.0. The average Bonchev–Trinajstić information content (AvgIpc) is 2.45. The molecule has 1 aromatic rings. The van der Waals surface area contributed by atoms with E-state index in [9.17, 15) is 9.59 Å². The quantitative estimate of drug-likeness (QED) is 0.793. The Hall–Kier alpha value is -1.88. The predicted molar refractivity (Wildman–Crippen MR) is 80.5 cm³/mol. The van der Waals surface area contributed by atoms with Crippen LogP contribution in [-0.4, -0.2) is 42.9 Å². The number of para-hydroxylation sites is 1. The van der Waals surface area contributed by atoms with Crippen molar-refractivity contribution in [1.82, 2.24) is 10.2 Å². The van der Waals surface area contributed by atoms with Gasteiger partial charge in [0.15, 0.2) is 0 Å². The molecule has 1 aromatic carbocycles. The van der Waals surface area contributed by atoms with E-state index in [4.69, 9.17) is 0 Å². The molecular formula is C15H23N3O2. The minimum absolute atomic E-state index is 0.0614. The van der Waals surface area contributed by atoms with Gasteiger partial charge >= 0.3 is 0 Å². The molecule has 2 N–H and O–H groups in total. The highest BCUT2D eigenvalue weighted by Crippen LogP contribution is 2.07. The minimum Gasteiger partial charge on any atom is -0.355 e. The van der Waals surface area contributed by atoms with E-state index < -0.39 is 0 Å². The molecule has 0 saturated carbocycles. The molecule has 0 fully saturated rings. The summed E-state index contributed by atoms with van der Waals surface area (Å²) < 4.78 is 0. The number of hydrogen-bond acceptors (Lipinski definition) is 3. The average molecular weight is 277 g/mol. The van der Waals surface area contributed by atoms with Crippen molar-refractivity contribution >= 4 is 17.5 Å². The van der Waals surface area contributed by atoms with Crippen molar-refractivity contribution in [2.24, 2.45) is 0 Å². The van der Waals surface area contributed by atoms with E-state index >= 15 is 0 Å². The molecule has 0 heterocycles. The molecule has 0 saturated heterocycles. The third-order valence-corrected chi connectivity index (χ3v) is 3.05. The number of amides is 2. The van der Waals surface area contributed by atoms with Gasteiger partial charge in [0.2, 0.25) is 11.8 Å². The largest absolute Gasteiger partial charge is 0.355 e. The molecule has 0 aliphatic heterocycles. The summed E-state index contributed by atoms with van der Waals surface area (Å²) in [7, 11) is 1.76. The van der Waals surface area contributed by atoms with E-state index in [-0.39, 0.29) is 24.4 Å². The first-order valence-electron chi connectivity index (χ1n) is 6.87. The maximum absolute atomic E-state index is 12.1.